The number of thiazole rings is 1. The molecule has 0 aliphatic heterocycles. The van der Waals surface area contributed by atoms with E-state index in [0.29, 0.717) is 5.92 Å². The van der Waals surface area contributed by atoms with Gasteiger partial charge in [-0.15, -0.1) is 11.3 Å². The Balaban J connectivity index is 2.63. The maximum atomic E-state index is 6.05. The van der Waals surface area contributed by atoms with E-state index in [9.17, 15) is 0 Å². The number of nitrogens with two attached hydrogens (primary N) is 1. The van der Waals surface area contributed by atoms with E-state index in [-0.39, 0.29) is 6.04 Å². The van der Waals surface area contributed by atoms with Crippen LogP contribution < -0.4 is 5.73 Å². The Hall–Kier alpha value is -0.410. The van der Waals surface area contributed by atoms with Crippen molar-refractivity contribution >= 4 is 11.3 Å². The summed E-state index contributed by atoms with van der Waals surface area (Å²) < 4.78 is 0. The molecule has 1 atom stereocenters. The second kappa shape index (κ2) is 4.58. The van der Waals surface area contributed by atoms with Gasteiger partial charge in [-0.1, -0.05) is 26.7 Å². The van der Waals surface area contributed by atoms with Gasteiger partial charge in [0.25, 0.3) is 0 Å². The first-order chi connectivity index (χ1) is 5.79. The minimum absolute atomic E-state index is 0.139. The molecule has 3 heteroatoms. The Labute approximate surface area is 77.8 Å². The van der Waals surface area contributed by atoms with Gasteiger partial charge in [-0.3, -0.25) is 0 Å². The SMILES string of the molecule is CCC(CC)C(N)c1nccs1. The third kappa shape index (κ3) is 2.05. The molecular formula is C9H16N2S. The van der Waals surface area contributed by atoms with Gasteiger partial charge in [0.15, 0.2) is 0 Å². The van der Waals surface area contributed by atoms with Crippen LogP contribution in [-0.4, -0.2) is 4.98 Å². The molecule has 12 heavy (non-hydrogen) atoms. The predicted molar refractivity (Wildman–Crippen MR) is 53.1 cm³/mol. The summed E-state index contributed by atoms with van der Waals surface area (Å²) in [6.45, 7) is 4.36. The van der Waals surface area contributed by atoms with Crippen LogP contribution in [0.4, 0.5) is 0 Å². The van der Waals surface area contributed by atoms with E-state index >= 15 is 0 Å². The molecule has 1 unspecified atom stereocenters. The molecule has 1 rings (SSSR count). The van der Waals surface area contributed by atoms with Crippen LogP contribution in [0.2, 0.25) is 0 Å². The third-order valence-electron chi connectivity index (χ3n) is 2.29. The van der Waals surface area contributed by atoms with E-state index < -0.39 is 0 Å². The molecule has 2 nitrogen and oxygen atoms in total. The highest BCUT2D eigenvalue weighted by molar-refractivity contribution is 7.09. The summed E-state index contributed by atoms with van der Waals surface area (Å²) in [6, 6.07) is 0.139. The lowest BCUT2D eigenvalue weighted by molar-refractivity contribution is 0.404. The highest BCUT2D eigenvalue weighted by Gasteiger charge is 2.17. The van der Waals surface area contributed by atoms with Crippen LogP contribution >= 0.6 is 11.3 Å². The van der Waals surface area contributed by atoms with Crippen LogP contribution in [0.1, 0.15) is 37.7 Å². The maximum Gasteiger partial charge on any atom is 0.110 e. The van der Waals surface area contributed by atoms with Gasteiger partial charge in [0.05, 0.1) is 6.04 Å². The van der Waals surface area contributed by atoms with Crippen molar-refractivity contribution in [2.75, 3.05) is 0 Å². The summed E-state index contributed by atoms with van der Waals surface area (Å²) in [5.74, 6) is 0.580. The lowest BCUT2D eigenvalue weighted by Crippen LogP contribution is -2.20. The molecular weight excluding hydrogens is 168 g/mol. The molecule has 0 fully saturated rings. The molecule has 68 valence electrons. The smallest absolute Gasteiger partial charge is 0.110 e. The molecule has 0 radical (unpaired) electrons. The third-order valence-corrected chi connectivity index (χ3v) is 3.17. The van der Waals surface area contributed by atoms with E-state index in [4.69, 9.17) is 5.73 Å². The van der Waals surface area contributed by atoms with Gasteiger partial charge in [0.2, 0.25) is 0 Å². The van der Waals surface area contributed by atoms with E-state index in [0.717, 1.165) is 17.8 Å². The second-order valence-corrected chi connectivity index (χ2v) is 3.90. The topological polar surface area (TPSA) is 38.9 Å². The maximum absolute atomic E-state index is 6.05. The van der Waals surface area contributed by atoms with Gasteiger partial charge >= 0.3 is 0 Å². The Kier molecular flexibility index (Phi) is 3.69. The van der Waals surface area contributed by atoms with Gasteiger partial charge in [-0.05, 0) is 5.92 Å². The Bertz CT molecular complexity index is 204. The average Bonchev–Trinajstić information content (AvgIpc) is 2.58. The van der Waals surface area contributed by atoms with Gasteiger partial charge in [-0.2, -0.15) is 0 Å². The number of aromatic nitrogens is 1. The summed E-state index contributed by atoms with van der Waals surface area (Å²) in [4.78, 5) is 4.23. The van der Waals surface area contributed by atoms with Crippen molar-refractivity contribution in [3.8, 4) is 0 Å². The largest absolute Gasteiger partial charge is 0.322 e. The molecule has 1 aromatic rings. The van der Waals surface area contributed by atoms with E-state index in [1.54, 1.807) is 11.3 Å². The van der Waals surface area contributed by atoms with Crippen molar-refractivity contribution < 1.29 is 0 Å². The molecule has 2 N–H and O–H groups in total. The fourth-order valence-electron chi connectivity index (χ4n) is 1.40. The molecule has 0 bridgehead atoms. The molecule has 1 heterocycles. The van der Waals surface area contributed by atoms with Crippen molar-refractivity contribution in [3.63, 3.8) is 0 Å². The Morgan fingerprint density at radius 1 is 1.50 bits per heavy atom. The number of hydrogen-bond donors (Lipinski definition) is 1. The van der Waals surface area contributed by atoms with Gasteiger partial charge in [-0.25, -0.2) is 4.98 Å². The van der Waals surface area contributed by atoms with E-state index in [1.165, 1.54) is 0 Å². The first-order valence-electron chi connectivity index (χ1n) is 4.44. The number of nitrogens with zero attached hydrogens (tertiary/aromatic N) is 1. The van der Waals surface area contributed by atoms with Crippen LogP contribution in [0.25, 0.3) is 0 Å². The number of hydrogen-bond acceptors (Lipinski definition) is 3. The quantitative estimate of drug-likeness (QED) is 0.781. The first-order valence-corrected chi connectivity index (χ1v) is 5.32. The first kappa shape index (κ1) is 9.68. The zero-order valence-electron chi connectivity index (χ0n) is 7.66. The standard InChI is InChI=1S/C9H16N2S/c1-3-7(4-2)8(10)9-11-5-6-12-9/h5-8H,3-4,10H2,1-2H3. The van der Waals surface area contributed by atoms with Crippen molar-refractivity contribution in [3.05, 3.63) is 16.6 Å². The van der Waals surface area contributed by atoms with Gasteiger partial charge < -0.3 is 5.73 Å². The fourth-order valence-corrected chi connectivity index (χ4v) is 2.13. The highest BCUT2D eigenvalue weighted by Crippen LogP contribution is 2.25. The monoisotopic (exact) mass is 184 g/mol. The summed E-state index contributed by atoms with van der Waals surface area (Å²) in [5, 5.41) is 3.06. The number of rotatable bonds is 4. The van der Waals surface area contributed by atoms with Crippen molar-refractivity contribution in [1.29, 1.82) is 0 Å². The van der Waals surface area contributed by atoms with Crippen molar-refractivity contribution in [2.45, 2.75) is 32.7 Å². The van der Waals surface area contributed by atoms with Crippen LogP contribution in [0.3, 0.4) is 0 Å². The van der Waals surface area contributed by atoms with Crippen LogP contribution in [0, 0.1) is 5.92 Å². The average molecular weight is 184 g/mol. The molecule has 1 aromatic heterocycles. The van der Waals surface area contributed by atoms with Crippen molar-refractivity contribution in [1.82, 2.24) is 4.98 Å². The molecule has 0 aromatic carbocycles. The molecule has 0 saturated heterocycles. The fraction of sp³-hybridized carbons (Fsp3) is 0.667. The zero-order chi connectivity index (χ0) is 8.97. The summed E-state index contributed by atoms with van der Waals surface area (Å²) >= 11 is 1.65. The normalized spacial score (nSPS) is 13.7. The molecule has 0 amide bonds. The lowest BCUT2D eigenvalue weighted by Gasteiger charge is -2.18. The van der Waals surface area contributed by atoms with Gasteiger partial charge in [0, 0.05) is 11.6 Å². The lowest BCUT2D eigenvalue weighted by atomic mass is 9.95. The second-order valence-electron chi connectivity index (χ2n) is 2.97. The Morgan fingerprint density at radius 3 is 2.58 bits per heavy atom. The molecule has 0 aliphatic rings. The predicted octanol–water partition coefficient (Wildman–Crippen LogP) is 2.58. The van der Waals surface area contributed by atoms with Crippen LogP contribution in [-0.2, 0) is 0 Å². The van der Waals surface area contributed by atoms with E-state index in [2.05, 4.69) is 18.8 Å². The minimum atomic E-state index is 0.139. The minimum Gasteiger partial charge on any atom is -0.322 e. The molecule has 0 aliphatic carbocycles. The van der Waals surface area contributed by atoms with Gasteiger partial charge in [0.1, 0.15) is 5.01 Å². The highest BCUT2D eigenvalue weighted by atomic mass is 32.1. The van der Waals surface area contributed by atoms with Crippen LogP contribution in [0.15, 0.2) is 11.6 Å². The summed E-state index contributed by atoms with van der Waals surface area (Å²) in [6.07, 6.45) is 4.09. The summed E-state index contributed by atoms with van der Waals surface area (Å²) in [5.41, 5.74) is 6.05. The van der Waals surface area contributed by atoms with Crippen molar-refractivity contribution in [2.24, 2.45) is 11.7 Å². The zero-order valence-corrected chi connectivity index (χ0v) is 8.47. The summed E-state index contributed by atoms with van der Waals surface area (Å²) in [7, 11) is 0. The van der Waals surface area contributed by atoms with Crippen LogP contribution in [0.5, 0.6) is 0 Å². The van der Waals surface area contributed by atoms with E-state index in [1.807, 2.05) is 11.6 Å². The molecule has 0 saturated carbocycles. The molecule has 0 spiro atoms. The Morgan fingerprint density at radius 2 is 2.17 bits per heavy atom.